The lowest BCUT2D eigenvalue weighted by Gasteiger charge is -2.36. The van der Waals surface area contributed by atoms with Crippen LogP contribution in [0.5, 0.6) is 0 Å². The molecule has 1 fully saturated rings. The number of thioether (sulfide) groups is 1. The summed E-state index contributed by atoms with van der Waals surface area (Å²) in [5.41, 5.74) is 0.0597. The standard InChI is InChI=1S/C12H23NOS/c1-4-8-15-9-6-13-11-5-7-14-12(2,3)10-11/h4,11,13H,1,5-10H2,2-3H3. The molecule has 88 valence electrons. The van der Waals surface area contributed by atoms with Gasteiger partial charge in [-0.1, -0.05) is 6.08 Å². The summed E-state index contributed by atoms with van der Waals surface area (Å²) in [4.78, 5) is 0. The summed E-state index contributed by atoms with van der Waals surface area (Å²) in [6.07, 6.45) is 4.23. The smallest absolute Gasteiger partial charge is 0.0641 e. The molecule has 0 aromatic heterocycles. The molecule has 1 saturated heterocycles. The molecule has 2 nitrogen and oxygen atoms in total. The van der Waals surface area contributed by atoms with Crippen LogP contribution < -0.4 is 5.32 Å². The molecule has 1 aliphatic heterocycles. The molecule has 15 heavy (non-hydrogen) atoms. The van der Waals surface area contributed by atoms with Crippen molar-refractivity contribution in [3.8, 4) is 0 Å². The number of nitrogens with one attached hydrogen (secondary N) is 1. The Morgan fingerprint density at radius 3 is 3.07 bits per heavy atom. The normalized spacial score (nSPS) is 25.1. The molecule has 1 atom stereocenters. The van der Waals surface area contributed by atoms with Gasteiger partial charge in [0.2, 0.25) is 0 Å². The second kappa shape index (κ2) is 6.56. The fourth-order valence-electron chi connectivity index (χ4n) is 1.91. The van der Waals surface area contributed by atoms with Gasteiger partial charge in [-0.15, -0.1) is 6.58 Å². The van der Waals surface area contributed by atoms with E-state index < -0.39 is 0 Å². The van der Waals surface area contributed by atoms with Crippen molar-refractivity contribution in [3.05, 3.63) is 12.7 Å². The zero-order valence-corrected chi connectivity index (χ0v) is 10.7. The Labute approximate surface area is 97.8 Å². The molecule has 3 heteroatoms. The molecule has 1 aliphatic rings. The third-order valence-electron chi connectivity index (χ3n) is 2.61. The van der Waals surface area contributed by atoms with E-state index in [1.807, 2.05) is 17.8 Å². The molecule has 0 spiro atoms. The van der Waals surface area contributed by atoms with Gasteiger partial charge in [-0.3, -0.25) is 0 Å². The maximum atomic E-state index is 5.68. The summed E-state index contributed by atoms with van der Waals surface area (Å²) >= 11 is 1.93. The summed E-state index contributed by atoms with van der Waals surface area (Å²) < 4.78 is 5.68. The first-order valence-corrected chi connectivity index (χ1v) is 6.85. The Bertz CT molecular complexity index is 194. The van der Waals surface area contributed by atoms with E-state index in [1.54, 1.807) is 0 Å². The highest BCUT2D eigenvalue weighted by Gasteiger charge is 2.28. The molecule has 1 heterocycles. The van der Waals surface area contributed by atoms with Gasteiger partial charge in [0, 0.05) is 30.7 Å². The van der Waals surface area contributed by atoms with E-state index >= 15 is 0 Å². The van der Waals surface area contributed by atoms with Crippen molar-refractivity contribution in [2.24, 2.45) is 0 Å². The molecule has 0 aliphatic carbocycles. The Balaban J connectivity index is 2.08. The summed E-state index contributed by atoms with van der Waals surface area (Å²) in [6, 6.07) is 0.637. The second-order valence-electron chi connectivity index (χ2n) is 4.62. The lowest BCUT2D eigenvalue weighted by Crippen LogP contribution is -2.44. The second-order valence-corrected chi connectivity index (χ2v) is 5.77. The van der Waals surface area contributed by atoms with Crippen LogP contribution in [0.15, 0.2) is 12.7 Å². The van der Waals surface area contributed by atoms with E-state index in [2.05, 4.69) is 25.7 Å². The van der Waals surface area contributed by atoms with Crippen molar-refractivity contribution in [2.75, 3.05) is 24.7 Å². The summed E-state index contributed by atoms with van der Waals surface area (Å²) in [5, 5.41) is 3.60. The lowest BCUT2D eigenvalue weighted by molar-refractivity contribution is -0.0625. The topological polar surface area (TPSA) is 21.3 Å². The van der Waals surface area contributed by atoms with Gasteiger partial charge in [-0.05, 0) is 26.7 Å². The van der Waals surface area contributed by atoms with E-state index in [9.17, 15) is 0 Å². The van der Waals surface area contributed by atoms with Crippen molar-refractivity contribution in [1.82, 2.24) is 5.32 Å². The average molecular weight is 229 g/mol. The highest BCUT2D eigenvalue weighted by molar-refractivity contribution is 7.99. The van der Waals surface area contributed by atoms with Gasteiger partial charge in [0.15, 0.2) is 0 Å². The van der Waals surface area contributed by atoms with Gasteiger partial charge >= 0.3 is 0 Å². The van der Waals surface area contributed by atoms with Gasteiger partial charge in [0.25, 0.3) is 0 Å². The first-order valence-electron chi connectivity index (χ1n) is 5.70. The maximum Gasteiger partial charge on any atom is 0.0641 e. The van der Waals surface area contributed by atoms with Crippen LogP contribution in [-0.2, 0) is 4.74 Å². The van der Waals surface area contributed by atoms with E-state index in [4.69, 9.17) is 4.74 Å². The fourth-order valence-corrected chi connectivity index (χ4v) is 2.50. The van der Waals surface area contributed by atoms with Crippen molar-refractivity contribution >= 4 is 11.8 Å². The Kier molecular flexibility index (Phi) is 5.72. The van der Waals surface area contributed by atoms with Gasteiger partial charge in [-0.2, -0.15) is 11.8 Å². The van der Waals surface area contributed by atoms with Crippen LogP contribution >= 0.6 is 11.8 Å². The minimum absolute atomic E-state index is 0.0597. The largest absolute Gasteiger partial charge is 0.375 e. The van der Waals surface area contributed by atoms with Gasteiger partial charge in [-0.25, -0.2) is 0 Å². The molecular formula is C12H23NOS. The molecule has 1 unspecified atom stereocenters. The maximum absolute atomic E-state index is 5.68. The van der Waals surface area contributed by atoms with Gasteiger partial charge in [0.1, 0.15) is 0 Å². The average Bonchev–Trinajstić information content (AvgIpc) is 2.16. The monoisotopic (exact) mass is 229 g/mol. The minimum Gasteiger partial charge on any atom is -0.375 e. The molecule has 1 rings (SSSR count). The van der Waals surface area contributed by atoms with Gasteiger partial charge < -0.3 is 10.1 Å². The highest BCUT2D eigenvalue weighted by atomic mass is 32.2. The van der Waals surface area contributed by atoms with Crippen LogP contribution in [0.4, 0.5) is 0 Å². The summed E-state index contributed by atoms with van der Waals surface area (Å²) in [5.74, 6) is 2.23. The zero-order chi connectivity index (χ0) is 11.1. The molecule has 0 radical (unpaired) electrons. The van der Waals surface area contributed by atoms with Crippen LogP contribution in [0, 0.1) is 0 Å². The van der Waals surface area contributed by atoms with E-state index in [0.29, 0.717) is 6.04 Å². The summed E-state index contributed by atoms with van der Waals surface area (Å²) in [7, 11) is 0. The molecule has 0 bridgehead atoms. The van der Waals surface area contributed by atoms with Crippen LogP contribution in [0.1, 0.15) is 26.7 Å². The highest BCUT2D eigenvalue weighted by Crippen LogP contribution is 2.23. The molecule has 0 aromatic carbocycles. The summed E-state index contributed by atoms with van der Waals surface area (Å²) in [6.45, 7) is 10.0. The number of hydrogen-bond acceptors (Lipinski definition) is 3. The first kappa shape index (κ1) is 13.1. The number of rotatable bonds is 6. The third kappa shape index (κ3) is 5.59. The van der Waals surface area contributed by atoms with Gasteiger partial charge in [0.05, 0.1) is 5.60 Å². The van der Waals surface area contributed by atoms with Crippen molar-refractivity contribution in [1.29, 1.82) is 0 Å². The van der Waals surface area contributed by atoms with E-state index in [-0.39, 0.29) is 5.60 Å². The van der Waals surface area contributed by atoms with Crippen LogP contribution in [0.25, 0.3) is 0 Å². The first-order chi connectivity index (χ1) is 7.14. The fraction of sp³-hybridized carbons (Fsp3) is 0.833. The lowest BCUT2D eigenvalue weighted by atomic mass is 9.94. The molecule has 0 amide bonds. The molecular weight excluding hydrogens is 206 g/mol. The third-order valence-corrected chi connectivity index (χ3v) is 3.58. The minimum atomic E-state index is 0.0597. The Morgan fingerprint density at radius 1 is 1.60 bits per heavy atom. The van der Waals surface area contributed by atoms with E-state index in [0.717, 1.165) is 31.7 Å². The molecule has 0 aromatic rings. The predicted octanol–water partition coefficient (Wildman–Crippen LogP) is 2.45. The molecule has 1 N–H and O–H groups in total. The Hall–Kier alpha value is 0.01000. The van der Waals surface area contributed by atoms with Crippen molar-refractivity contribution in [3.63, 3.8) is 0 Å². The quantitative estimate of drug-likeness (QED) is 0.558. The van der Waals surface area contributed by atoms with Crippen LogP contribution in [0.2, 0.25) is 0 Å². The predicted molar refractivity (Wildman–Crippen MR) is 68.6 cm³/mol. The zero-order valence-electron chi connectivity index (χ0n) is 9.92. The van der Waals surface area contributed by atoms with Crippen LogP contribution in [-0.4, -0.2) is 36.3 Å². The van der Waals surface area contributed by atoms with Crippen molar-refractivity contribution < 1.29 is 4.74 Å². The van der Waals surface area contributed by atoms with Crippen LogP contribution in [0.3, 0.4) is 0 Å². The van der Waals surface area contributed by atoms with Crippen molar-refractivity contribution in [2.45, 2.75) is 38.3 Å². The number of ether oxygens (including phenoxy) is 1. The number of hydrogen-bond donors (Lipinski definition) is 1. The Morgan fingerprint density at radius 2 is 2.40 bits per heavy atom. The SMILES string of the molecule is C=CCSCCNC1CCOC(C)(C)C1. The molecule has 0 saturated carbocycles. The van der Waals surface area contributed by atoms with E-state index in [1.165, 1.54) is 5.75 Å².